The van der Waals surface area contributed by atoms with Gasteiger partial charge in [-0.2, -0.15) is 0 Å². The molecule has 0 fully saturated rings. The highest BCUT2D eigenvalue weighted by atomic mass is 32.2. The zero-order valence-electron chi connectivity index (χ0n) is 18.7. The van der Waals surface area contributed by atoms with Crippen LogP contribution in [0.2, 0.25) is 0 Å². The lowest BCUT2D eigenvalue weighted by Crippen LogP contribution is -2.57. The number of hydrogen-bond donors (Lipinski definition) is 7. The van der Waals surface area contributed by atoms with E-state index in [1.807, 2.05) is 0 Å². The SMILES string of the molecule is CC(=O)NCSCC(NC(=O)C(CO)NC(=O)CN(C)C)C(=O)NCC(=O)NCCCN. The van der Waals surface area contributed by atoms with Crippen LogP contribution in [0.3, 0.4) is 0 Å². The largest absolute Gasteiger partial charge is 0.394 e. The van der Waals surface area contributed by atoms with E-state index < -0.39 is 42.3 Å². The Bertz CT molecular complexity index is 635. The number of thioether (sulfide) groups is 1. The monoisotopic (exact) mass is 477 g/mol. The Hall–Kier alpha value is -2.42. The first-order chi connectivity index (χ1) is 15.1. The van der Waals surface area contributed by atoms with Gasteiger partial charge in [-0.1, -0.05) is 0 Å². The van der Waals surface area contributed by atoms with Gasteiger partial charge in [0.2, 0.25) is 29.5 Å². The second kappa shape index (κ2) is 17.2. The molecule has 0 aromatic heterocycles. The molecule has 2 unspecified atom stereocenters. The summed E-state index contributed by atoms with van der Waals surface area (Å²) in [5.74, 6) is -2.23. The number of hydrogen-bond acceptors (Lipinski definition) is 9. The van der Waals surface area contributed by atoms with Gasteiger partial charge in [-0.15, -0.1) is 11.8 Å². The van der Waals surface area contributed by atoms with Crippen LogP contribution >= 0.6 is 11.8 Å². The number of nitrogens with zero attached hydrogens (tertiary/aromatic N) is 1. The molecule has 0 aliphatic carbocycles. The molecule has 5 amide bonds. The molecular weight excluding hydrogens is 442 g/mol. The van der Waals surface area contributed by atoms with Gasteiger partial charge in [0.1, 0.15) is 12.1 Å². The Kier molecular flexibility index (Phi) is 15.9. The number of carbonyl (C=O) groups is 5. The second-order valence-electron chi connectivity index (χ2n) is 7.06. The van der Waals surface area contributed by atoms with Crippen molar-refractivity contribution in [3.63, 3.8) is 0 Å². The molecule has 14 heteroatoms. The molecule has 0 aromatic rings. The molecule has 0 heterocycles. The molecular formula is C18H35N7O6S. The van der Waals surface area contributed by atoms with Gasteiger partial charge in [0.15, 0.2) is 0 Å². The number of amides is 5. The smallest absolute Gasteiger partial charge is 0.245 e. The summed E-state index contributed by atoms with van der Waals surface area (Å²) in [5, 5.41) is 21.9. The van der Waals surface area contributed by atoms with Gasteiger partial charge in [0.25, 0.3) is 0 Å². The van der Waals surface area contributed by atoms with E-state index >= 15 is 0 Å². The van der Waals surface area contributed by atoms with Gasteiger partial charge in [-0.3, -0.25) is 24.0 Å². The minimum absolute atomic E-state index is 0.0134. The molecule has 0 aliphatic heterocycles. The van der Waals surface area contributed by atoms with Crippen molar-refractivity contribution >= 4 is 41.3 Å². The normalized spacial score (nSPS) is 12.4. The predicted molar refractivity (Wildman–Crippen MR) is 120 cm³/mol. The van der Waals surface area contributed by atoms with Crippen molar-refractivity contribution in [2.45, 2.75) is 25.4 Å². The number of rotatable bonds is 16. The van der Waals surface area contributed by atoms with Crippen LogP contribution in [0.4, 0.5) is 0 Å². The summed E-state index contributed by atoms with van der Waals surface area (Å²) in [6, 6.07) is -2.32. The van der Waals surface area contributed by atoms with E-state index in [0.29, 0.717) is 19.5 Å². The first kappa shape index (κ1) is 29.6. The Labute approximate surface area is 192 Å². The molecule has 2 atom stereocenters. The van der Waals surface area contributed by atoms with Crippen molar-refractivity contribution in [3.8, 4) is 0 Å². The van der Waals surface area contributed by atoms with Crippen molar-refractivity contribution in [2.24, 2.45) is 5.73 Å². The highest BCUT2D eigenvalue weighted by molar-refractivity contribution is 7.99. The maximum absolute atomic E-state index is 12.5. The van der Waals surface area contributed by atoms with E-state index in [1.54, 1.807) is 19.0 Å². The lowest BCUT2D eigenvalue weighted by atomic mass is 10.2. The topological polar surface area (TPSA) is 195 Å². The zero-order valence-corrected chi connectivity index (χ0v) is 19.5. The first-order valence-electron chi connectivity index (χ1n) is 10.0. The molecule has 0 spiro atoms. The number of aliphatic hydroxyl groups excluding tert-OH is 1. The summed E-state index contributed by atoms with van der Waals surface area (Å²) in [6.45, 7) is 1.20. The molecule has 184 valence electrons. The molecule has 13 nitrogen and oxygen atoms in total. The van der Waals surface area contributed by atoms with Gasteiger partial charge >= 0.3 is 0 Å². The zero-order chi connectivity index (χ0) is 24.5. The van der Waals surface area contributed by atoms with Crippen LogP contribution in [0, 0.1) is 0 Å². The summed E-state index contributed by atoms with van der Waals surface area (Å²) in [6.07, 6.45) is 0.597. The third kappa shape index (κ3) is 14.6. The van der Waals surface area contributed by atoms with Crippen molar-refractivity contribution in [3.05, 3.63) is 0 Å². The standard InChI is InChI=1S/C18H35N7O6S/c1-12(27)22-11-32-10-14(17(30)21-7-15(28)20-6-4-5-19)24-18(31)13(9-26)23-16(29)8-25(2)3/h13-14,26H,4-11,19H2,1-3H3,(H,20,28)(H,21,30)(H,22,27)(H,23,29)(H,24,31). The van der Waals surface area contributed by atoms with Crippen molar-refractivity contribution in [1.29, 1.82) is 0 Å². The van der Waals surface area contributed by atoms with Crippen molar-refractivity contribution in [1.82, 2.24) is 31.5 Å². The third-order valence-corrected chi connectivity index (χ3v) is 4.68. The maximum Gasteiger partial charge on any atom is 0.245 e. The third-order valence-electron chi connectivity index (χ3n) is 3.76. The van der Waals surface area contributed by atoms with E-state index in [9.17, 15) is 29.1 Å². The van der Waals surface area contributed by atoms with Gasteiger partial charge < -0.3 is 42.3 Å². The molecule has 0 aliphatic rings. The highest BCUT2D eigenvalue weighted by Crippen LogP contribution is 2.02. The van der Waals surface area contributed by atoms with Crippen LogP contribution in [0.25, 0.3) is 0 Å². The maximum atomic E-state index is 12.5. The summed E-state index contributed by atoms with van der Waals surface area (Å²) in [4.78, 5) is 61.3. The lowest BCUT2D eigenvalue weighted by Gasteiger charge is -2.22. The Balaban J connectivity index is 4.95. The molecule has 0 aromatic carbocycles. The van der Waals surface area contributed by atoms with Gasteiger partial charge in [-0.25, -0.2) is 0 Å². The molecule has 32 heavy (non-hydrogen) atoms. The van der Waals surface area contributed by atoms with Gasteiger partial charge in [-0.05, 0) is 27.1 Å². The van der Waals surface area contributed by atoms with E-state index in [4.69, 9.17) is 5.73 Å². The molecule has 0 saturated heterocycles. The number of aliphatic hydroxyl groups is 1. The summed E-state index contributed by atoms with van der Waals surface area (Å²) >= 11 is 1.17. The molecule has 0 rings (SSSR count). The Morgan fingerprint density at radius 2 is 1.66 bits per heavy atom. The summed E-state index contributed by atoms with van der Waals surface area (Å²) < 4.78 is 0. The van der Waals surface area contributed by atoms with Crippen molar-refractivity contribution in [2.75, 3.05) is 58.5 Å². The molecule has 8 N–H and O–H groups in total. The van der Waals surface area contributed by atoms with E-state index in [2.05, 4.69) is 26.6 Å². The predicted octanol–water partition coefficient (Wildman–Crippen LogP) is -4.08. The van der Waals surface area contributed by atoms with Gasteiger partial charge in [0, 0.05) is 19.2 Å². The first-order valence-corrected chi connectivity index (χ1v) is 11.2. The van der Waals surface area contributed by atoms with Crippen LogP contribution in [0.1, 0.15) is 13.3 Å². The molecule has 0 bridgehead atoms. The lowest BCUT2D eigenvalue weighted by molar-refractivity contribution is -0.133. The highest BCUT2D eigenvalue weighted by Gasteiger charge is 2.26. The summed E-state index contributed by atoms with van der Waals surface area (Å²) in [5.41, 5.74) is 5.35. The minimum atomic E-state index is -1.25. The van der Waals surface area contributed by atoms with Crippen LogP contribution in [0.15, 0.2) is 0 Å². The number of likely N-dealkylation sites (N-methyl/N-ethyl adjacent to an activating group) is 1. The van der Waals surface area contributed by atoms with E-state index in [0.717, 1.165) is 0 Å². The average molecular weight is 478 g/mol. The van der Waals surface area contributed by atoms with E-state index in [1.165, 1.54) is 18.7 Å². The van der Waals surface area contributed by atoms with Crippen LogP contribution in [-0.2, 0) is 24.0 Å². The van der Waals surface area contributed by atoms with Crippen LogP contribution < -0.4 is 32.3 Å². The average Bonchev–Trinajstić information content (AvgIpc) is 2.71. The minimum Gasteiger partial charge on any atom is -0.394 e. The van der Waals surface area contributed by atoms with E-state index in [-0.39, 0.29) is 30.6 Å². The fraction of sp³-hybridized carbons (Fsp3) is 0.722. The van der Waals surface area contributed by atoms with Crippen LogP contribution in [-0.4, -0.2) is 110 Å². The molecule has 0 saturated carbocycles. The van der Waals surface area contributed by atoms with Gasteiger partial charge in [0.05, 0.1) is 25.6 Å². The Morgan fingerprint density at radius 3 is 2.22 bits per heavy atom. The fourth-order valence-corrected chi connectivity index (χ4v) is 3.08. The number of nitrogens with one attached hydrogen (secondary N) is 5. The quantitative estimate of drug-likeness (QED) is 0.0854. The summed E-state index contributed by atoms with van der Waals surface area (Å²) in [7, 11) is 3.35. The number of nitrogens with two attached hydrogens (primary N) is 1. The second-order valence-corrected chi connectivity index (χ2v) is 8.09. The van der Waals surface area contributed by atoms with Crippen LogP contribution in [0.5, 0.6) is 0 Å². The Morgan fingerprint density at radius 1 is 0.969 bits per heavy atom. The fourth-order valence-electron chi connectivity index (χ4n) is 2.19. The van der Waals surface area contributed by atoms with Crippen molar-refractivity contribution < 1.29 is 29.1 Å². The molecule has 0 radical (unpaired) electrons. The number of carbonyl (C=O) groups excluding carboxylic acids is 5.